The molecule has 11 nitrogen and oxygen atoms in total. The number of carbonyl (C=O) groups is 1. The fourth-order valence-corrected chi connectivity index (χ4v) is 7.80. The first-order valence-electron chi connectivity index (χ1n) is 14.4. The SMILES string of the molecule is Cc1c(-c2ncco2)sc2c1c(=O)n(C1(C(=O)O)CC1)c(=O)n2C[C@H](OC1C[C@H]2CC[C@@H](C1)O2)c1ccccc1OC(F)F. The van der Waals surface area contributed by atoms with Crippen LogP contribution in [0.15, 0.2) is 50.7 Å². The van der Waals surface area contributed by atoms with E-state index < -0.39 is 35.5 Å². The van der Waals surface area contributed by atoms with E-state index in [1.165, 1.54) is 23.1 Å². The number of fused-ring (bicyclic) bond motifs is 3. The van der Waals surface area contributed by atoms with Crippen molar-refractivity contribution in [3.05, 3.63) is 68.7 Å². The minimum absolute atomic E-state index is 0.0249. The molecule has 1 unspecified atom stereocenters. The summed E-state index contributed by atoms with van der Waals surface area (Å²) >= 11 is 1.11. The van der Waals surface area contributed by atoms with Gasteiger partial charge < -0.3 is 23.7 Å². The van der Waals surface area contributed by atoms with E-state index in [4.69, 9.17) is 18.6 Å². The minimum Gasteiger partial charge on any atom is -0.479 e. The van der Waals surface area contributed by atoms with Crippen LogP contribution in [0.1, 0.15) is 55.8 Å². The summed E-state index contributed by atoms with van der Waals surface area (Å²) in [6.45, 7) is -1.61. The summed E-state index contributed by atoms with van der Waals surface area (Å²) in [5, 5.41) is 10.3. The summed E-state index contributed by atoms with van der Waals surface area (Å²) in [5.41, 5.74) is -2.43. The molecule has 1 saturated carbocycles. The molecule has 0 amide bonds. The van der Waals surface area contributed by atoms with Gasteiger partial charge in [-0.2, -0.15) is 8.78 Å². The fraction of sp³-hybridized carbons (Fsp3) is 0.467. The van der Waals surface area contributed by atoms with Crippen LogP contribution in [0.25, 0.3) is 21.0 Å². The van der Waals surface area contributed by atoms with Gasteiger partial charge in [-0.05, 0) is 57.1 Å². The first-order valence-corrected chi connectivity index (χ1v) is 15.2. The Morgan fingerprint density at radius 1 is 1.20 bits per heavy atom. The number of para-hydroxylation sites is 1. The van der Waals surface area contributed by atoms with Crippen LogP contribution in [0.4, 0.5) is 8.78 Å². The molecule has 7 rings (SSSR count). The smallest absolute Gasteiger partial charge is 0.387 e. The van der Waals surface area contributed by atoms with E-state index in [1.807, 2.05) is 0 Å². The number of benzene rings is 1. The highest BCUT2D eigenvalue weighted by Gasteiger charge is 2.55. The van der Waals surface area contributed by atoms with Crippen LogP contribution in [0.3, 0.4) is 0 Å². The summed E-state index contributed by atoms with van der Waals surface area (Å²) in [7, 11) is 0. The van der Waals surface area contributed by atoms with E-state index in [9.17, 15) is 28.3 Å². The zero-order chi connectivity index (χ0) is 30.7. The van der Waals surface area contributed by atoms with Gasteiger partial charge in [-0.25, -0.2) is 19.1 Å². The Labute approximate surface area is 252 Å². The van der Waals surface area contributed by atoms with Crippen molar-refractivity contribution in [2.75, 3.05) is 0 Å². The zero-order valence-corrected chi connectivity index (χ0v) is 24.4. The maximum atomic E-state index is 14.2. The van der Waals surface area contributed by atoms with Crippen molar-refractivity contribution in [1.29, 1.82) is 0 Å². The van der Waals surface area contributed by atoms with E-state index in [0.29, 0.717) is 28.8 Å². The molecule has 1 aromatic carbocycles. The topological polar surface area (TPSA) is 135 Å². The summed E-state index contributed by atoms with van der Waals surface area (Å²) in [4.78, 5) is 45.5. The van der Waals surface area contributed by atoms with Crippen molar-refractivity contribution >= 4 is 27.5 Å². The van der Waals surface area contributed by atoms with Crippen molar-refractivity contribution in [2.24, 2.45) is 0 Å². The monoisotopic (exact) mass is 629 g/mol. The normalized spacial score (nSPS) is 22.9. The van der Waals surface area contributed by atoms with Crippen LogP contribution in [0.5, 0.6) is 5.75 Å². The Bertz CT molecular complexity index is 1830. The number of aromatic nitrogens is 3. The van der Waals surface area contributed by atoms with Gasteiger partial charge >= 0.3 is 18.3 Å². The third-order valence-electron chi connectivity index (χ3n) is 8.82. The van der Waals surface area contributed by atoms with Crippen LogP contribution < -0.4 is 16.0 Å². The van der Waals surface area contributed by atoms with Gasteiger partial charge in [-0.15, -0.1) is 11.3 Å². The molecule has 2 aliphatic heterocycles. The van der Waals surface area contributed by atoms with Gasteiger partial charge in [0.2, 0.25) is 5.89 Å². The number of halogens is 2. The number of nitrogens with zero attached hydrogens (tertiary/aromatic N) is 3. The highest BCUT2D eigenvalue weighted by molar-refractivity contribution is 7.22. The molecular weight excluding hydrogens is 600 g/mol. The summed E-state index contributed by atoms with van der Waals surface area (Å²) in [6.07, 6.45) is 4.89. The van der Waals surface area contributed by atoms with Crippen LogP contribution in [0, 0.1) is 6.92 Å². The van der Waals surface area contributed by atoms with E-state index >= 15 is 0 Å². The molecule has 14 heteroatoms. The van der Waals surface area contributed by atoms with Gasteiger partial charge in [-0.1, -0.05) is 18.2 Å². The molecular formula is C30H29F2N3O8S. The summed E-state index contributed by atoms with van der Waals surface area (Å²) in [5.74, 6) is -1.13. The molecule has 2 saturated heterocycles. The van der Waals surface area contributed by atoms with E-state index in [1.54, 1.807) is 25.1 Å². The molecule has 232 valence electrons. The third-order valence-corrected chi connectivity index (χ3v) is 10.1. The van der Waals surface area contributed by atoms with E-state index in [2.05, 4.69) is 4.98 Å². The lowest BCUT2D eigenvalue weighted by atomic mass is 10.0. The number of thiophene rings is 1. The van der Waals surface area contributed by atoms with Crippen LogP contribution in [-0.4, -0.2) is 50.1 Å². The van der Waals surface area contributed by atoms with Gasteiger partial charge in [0.15, 0.2) is 0 Å². The molecule has 1 N–H and O–H groups in total. The first-order chi connectivity index (χ1) is 21.2. The van der Waals surface area contributed by atoms with Crippen LogP contribution in [-0.2, 0) is 26.4 Å². The molecule has 4 aromatic rings. The predicted octanol–water partition coefficient (Wildman–Crippen LogP) is 4.83. The summed E-state index contributed by atoms with van der Waals surface area (Å²) < 4.78 is 52.1. The zero-order valence-electron chi connectivity index (χ0n) is 23.6. The Morgan fingerprint density at radius 2 is 1.93 bits per heavy atom. The lowest BCUT2D eigenvalue weighted by molar-refractivity contribution is -0.142. The van der Waals surface area contributed by atoms with Gasteiger partial charge in [0.25, 0.3) is 5.56 Å². The highest BCUT2D eigenvalue weighted by atomic mass is 32.1. The summed E-state index contributed by atoms with van der Waals surface area (Å²) in [6, 6.07) is 6.24. The number of oxazole rings is 1. The number of carboxylic acids is 1. The third kappa shape index (κ3) is 4.85. The Morgan fingerprint density at radius 3 is 2.57 bits per heavy atom. The maximum Gasteiger partial charge on any atom is 0.387 e. The van der Waals surface area contributed by atoms with Gasteiger partial charge in [0.05, 0.1) is 41.3 Å². The van der Waals surface area contributed by atoms with Crippen molar-refractivity contribution < 1.29 is 37.3 Å². The quantitative estimate of drug-likeness (QED) is 0.262. The van der Waals surface area contributed by atoms with Crippen LogP contribution in [0.2, 0.25) is 0 Å². The number of carboxylic acid groups (broad SMARTS) is 1. The number of aliphatic carboxylic acids is 1. The van der Waals surface area contributed by atoms with E-state index in [0.717, 1.165) is 28.7 Å². The number of alkyl halides is 2. The number of ether oxygens (including phenoxy) is 3. The molecule has 3 aliphatic rings. The standard InChI is InChI=1S/C30H29F2N3O8S/c1-15-22-25(36)35(30(8-9-30)27(37)38)29(39)34(26(22)44-23(15)24-33-10-11-40-24)14-21(19-4-2-3-5-20(19)43-28(31)32)42-18-12-16-6-7-17(13-18)41-16/h2-5,10-11,16-18,21,28H,6-9,12-14H2,1H3,(H,37,38)/t16-,17+,18?,21-/m0/s1. The van der Waals surface area contributed by atoms with Gasteiger partial charge in [0.1, 0.15) is 28.5 Å². The molecule has 5 heterocycles. The minimum atomic E-state index is -3.10. The van der Waals surface area contributed by atoms with Crippen molar-refractivity contribution in [1.82, 2.24) is 14.1 Å². The number of rotatable bonds is 10. The van der Waals surface area contributed by atoms with Crippen LogP contribution >= 0.6 is 11.3 Å². The first kappa shape index (κ1) is 28.9. The lowest BCUT2D eigenvalue weighted by Crippen LogP contribution is -2.49. The second kappa shape index (κ2) is 10.9. The molecule has 3 aromatic heterocycles. The molecule has 4 atom stereocenters. The molecule has 2 bridgehead atoms. The Hall–Kier alpha value is -3.88. The van der Waals surface area contributed by atoms with Crippen molar-refractivity contribution in [3.63, 3.8) is 0 Å². The Kier molecular flexibility index (Phi) is 7.17. The second-order valence-electron chi connectivity index (χ2n) is 11.5. The van der Waals surface area contributed by atoms with Crippen molar-refractivity contribution in [3.8, 4) is 16.5 Å². The molecule has 3 fully saturated rings. The number of hydrogen-bond acceptors (Lipinski definition) is 9. The predicted molar refractivity (Wildman–Crippen MR) is 153 cm³/mol. The molecule has 1 aliphatic carbocycles. The molecule has 44 heavy (non-hydrogen) atoms. The van der Waals surface area contributed by atoms with Crippen molar-refractivity contribution in [2.45, 2.75) is 88.6 Å². The van der Waals surface area contributed by atoms with Gasteiger partial charge in [0, 0.05) is 5.56 Å². The molecule has 0 radical (unpaired) electrons. The largest absolute Gasteiger partial charge is 0.479 e. The average molecular weight is 630 g/mol. The van der Waals surface area contributed by atoms with Gasteiger partial charge in [-0.3, -0.25) is 9.36 Å². The number of aryl methyl sites for hydroxylation is 1. The average Bonchev–Trinajstić information content (AvgIpc) is 3.27. The fourth-order valence-electron chi connectivity index (χ4n) is 6.56. The second-order valence-corrected chi connectivity index (χ2v) is 12.5. The number of hydrogen-bond donors (Lipinski definition) is 1. The van der Waals surface area contributed by atoms with E-state index in [-0.39, 0.29) is 59.6 Å². The molecule has 0 spiro atoms. The maximum absolute atomic E-state index is 14.2. The highest BCUT2D eigenvalue weighted by Crippen LogP contribution is 2.44. The Balaban J connectivity index is 1.41. The lowest BCUT2D eigenvalue weighted by Gasteiger charge is -2.32.